The van der Waals surface area contributed by atoms with Crippen LogP contribution in [0.15, 0.2) is 23.6 Å². The zero-order chi connectivity index (χ0) is 11.5. The van der Waals surface area contributed by atoms with E-state index < -0.39 is 0 Å². The molecule has 0 aliphatic rings. The molecule has 0 bridgehead atoms. The van der Waals surface area contributed by atoms with Crippen LogP contribution in [0.1, 0.15) is 12.6 Å². The van der Waals surface area contributed by atoms with Crippen LogP contribution in [0.25, 0.3) is 11.3 Å². The van der Waals surface area contributed by atoms with Crippen molar-refractivity contribution in [2.24, 2.45) is 0 Å². The highest BCUT2D eigenvalue weighted by Crippen LogP contribution is 2.21. The van der Waals surface area contributed by atoms with Gasteiger partial charge in [0.1, 0.15) is 0 Å². The summed E-state index contributed by atoms with van der Waals surface area (Å²) in [5.74, 6) is 0. The molecule has 0 fully saturated rings. The molecule has 0 radical (unpaired) electrons. The third kappa shape index (κ3) is 2.09. The molecule has 2 rings (SSSR count). The second kappa shape index (κ2) is 4.65. The highest BCUT2D eigenvalue weighted by atomic mass is 32.2. The van der Waals surface area contributed by atoms with E-state index in [1.807, 2.05) is 30.1 Å². The molecule has 2 heterocycles. The Balaban J connectivity index is 2.45. The van der Waals surface area contributed by atoms with Crippen LogP contribution in [0.4, 0.5) is 0 Å². The third-order valence-electron chi connectivity index (χ3n) is 2.36. The number of nitrogens with zero attached hydrogens (tertiary/aromatic N) is 4. The van der Waals surface area contributed by atoms with E-state index in [0.29, 0.717) is 0 Å². The molecule has 0 spiro atoms. The van der Waals surface area contributed by atoms with Gasteiger partial charge in [0.05, 0.1) is 11.4 Å². The minimum atomic E-state index is 0.793. The normalized spacial score (nSPS) is 10.7. The summed E-state index contributed by atoms with van der Waals surface area (Å²) in [6, 6.07) is 1.92. The molecule has 0 unspecified atom stereocenters. The highest BCUT2D eigenvalue weighted by molar-refractivity contribution is 7.98. The lowest BCUT2D eigenvalue weighted by Crippen LogP contribution is -1.93. The van der Waals surface area contributed by atoms with E-state index in [1.54, 1.807) is 18.0 Å². The van der Waals surface area contributed by atoms with Crippen LogP contribution in [-0.2, 0) is 6.54 Å². The van der Waals surface area contributed by atoms with Crippen molar-refractivity contribution in [2.75, 3.05) is 6.26 Å². The van der Waals surface area contributed by atoms with Crippen LogP contribution >= 0.6 is 11.8 Å². The second-order valence-corrected chi connectivity index (χ2v) is 4.19. The minimum Gasteiger partial charge on any atom is -0.272 e. The van der Waals surface area contributed by atoms with Gasteiger partial charge in [0.2, 0.25) is 0 Å². The maximum Gasteiger partial charge on any atom is 0.187 e. The van der Waals surface area contributed by atoms with Gasteiger partial charge in [-0.2, -0.15) is 5.10 Å². The summed E-state index contributed by atoms with van der Waals surface area (Å²) in [4.78, 5) is 8.63. The van der Waals surface area contributed by atoms with Gasteiger partial charge in [0, 0.05) is 24.5 Å². The Hall–Kier alpha value is -1.36. The maximum atomic E-state index is 4.47. The lowest BCUT2D eigenvalue weighted by molar-refractivity contribution is 0.653. The highest BCUT2D eigenvalue weighted by Gasteiger charge is 2.08. The van der Waals surface area contributed by atoms with Crippen molar-refractivity contribution in [3.05, 3.63) is 24.2 Å². The van der Waals surface area contributed by atoms with E-state index in [1.165, 1.54) is 0 Å². The van der Waals surface area contributed by atoms with E-state index in [2.05, 4.69) is 22.0 Å². The van der Waals surface area contributed by atoms with Crippen LogP contribution in [0.2, 0.25) is 0 Å². The number of rotatable bonds is 3. The molecule has 0 saturated carbocycles. The Morgan fingerprint density at radius 1 is 1.44 bits per heavy atom. The van der Waals surface area contributed by atoms with E-state index >= 15 is 0 Å². The SMILES string of the molecule is CCn1cc(-c2ccnc(SC)n2)c(C)n1. The molecule has 0 aliphatic carbocycles. The van der Waals surface area contributed by atoms with Gasteiger partial charge >= 0.3 is 0 Å². The number of aryl methyl sites for hydroxylation is 2. The molecule has 4 nitrogen and oxygen atoms in total. The molecule has 0 amide bonds. The average Bonchev–Trinajstić information content (AvgIpc) is 2.71. The monoisotopic (exact) mass is 234 g/mol. The first-order valence-electron chi connectivity index (χ1n) is 5.16. The van der Waals surface area contributed by atoms with Crippen molar-refractivity contribution in [1.82, 2.24) is 19.7 Å². The first-order valence-corrected chi connectivity index (χ1v) is 6.38. The van der Waals surface area contributed by atoms with Crippen LogP contribution < -0.4 is 0 Å². The molecule has 0 atom stereocenters. The van der Waals surface area contributed by atoms with Gasteiger partial charge in [-0.25, -0.2) is 9.97 Å². The Morgan fingerprint density at radius 3 is 2.88 bits per heavy atom. The Kier molecular flexibility index (Phi) is 3.24. The zero-order valence-corrected chi connectivity index (χ0v) is 10.5. The maximum absolute atomic E-state index is 4.47. The number of hydrogen-bond acceptors (Lipinski definition) is 4. The summed E-state index contributed by atoms with van der Waals surface area (Å²) < 4.78 is 1.92. The number of thioether (sulfide) groups is 1. The second-order valence-electron chi connectivity index (χ2n) is 3.41. The van der Waals surface area contributed by atoms with Crippen molar-refractivity contribution in [1.29, 1.82) is 0 Å². The molecule has 16 heavy (non-hydrogen) atoms. The smallest absolute Gasteiger partial charge is 0.187 e. The lowest BCUT2D eigenvalue weighted by atomic mass is 10.2. The molecular formula is C11H14N4S. The molecule has 2 aromatic heterocycles. The molecule has 84 valence electrons. The first-order chi connectivity index (χ1) is 7.74. The standard InChI is InChI=1S/C11H14N4S/c1-4-15-7-9(8(2)14-15)10-5-6-12-11(13-10)16-3/h5-7H,4H2,1-3H3. The van der Waals surface area contributed by atoms with Crippen LogP contribution in [0.3, 0.4) is 0 Å². The zero-order valence-electron chi connectivity index (χ0n) is 9.64. The molecule has 2 aromatic rings. The minimum absolute atomic E-state index is 0.793. The summed E-state index contributed by atoms with van der Waals surface area (Å²) in [5, 5.41) is 5.20. The van der Waals surface area contributed by atoms with E-state index in [9.17, 15) is 0 Å². The molecular weight excluding hydrogens is 220 g/mol. The van der Waals surface area contributed by atoms with Crippen molar-refractivity contribution in [3.63, 3.8) is 0 Å². The van der Waals surface area contributed by atoms with E-state index in [0.717, 1.165) is 28.7 Å². The van der Waals surface area contributed by atoms with Crippen molar-refractivity contribution in [2.45, 2.75) is 25.5 Å². The molecule has 0 N–H and O–H groups in total. The van der Waals surface area contributed by atoms with E-state index in [-0.39, 0.29) is 0 Å². The van der Waals surface area contributed by atoms with Gasteiger partial charge in [0.15, 0.2) is 5.16 Å². The average molecular weight is 234 g/mol. The Morgan fingerprint density at radius 2 is 2.25 bits per heavy atom. The lowest BCUT2D eigenvalue weighted by Gasteiger charge is -1.99. The van der Waals surface area contributed by atoms with Gasteiger partial charge in [0.25, 0.3) is 0 Å². The van der Waals surface area contributed by atoms with Crippen LogP contribution in [0.5, 0.6) is 0 Å². The summed E-state index contributed by atoms with van der Waals surface area (Å²) >= 11 is 1.55. The molecule has 0 aromatic carbocycles. The first kappa shape index (κ1) is 11.1. The fourth-order valence-corrected chi connectivity index (χ4v) is 1.88. The van der Waals surface area contributed by atoms with Gasteiger partial charge in [-0.05, 0) is 26.2 Å². The van der Waals surface area contributed by atoms with Gasteiger partial charge in [-0.3, -0.25) is 4.68 Å². The predicted octanol–water partition coefficient (Wildman–Crippen LogP) is 2.39. The van der Waals surface area contributed by atoms with Crippen LogP contribution in [0, 0.1) is 6.92 Å². The number of aromatic nitrogens is 4. The van der Waals surface area contributed by atoms with Crippen molar-refractivity contribution < 1.29 is 0 Å². The van der Waals surface area contributed by atoms with Gasteiger partial charge in [-0.15, -0.1) is 0 Å². The summed E-state index contributed by atoms with van der Waals surface area (Å²) in [5.41, 5.74) is 3.03. The Labute approximate surface area is 99.1 Å². The Bertz CT molecular complexity index is 492. The van der Waals surface area contributed by atoms with Gasteiger partial charge < -0.3 is 0 Å². The quantitative estimate of drug-likeness (QED) is 0.604. The third-order valence-corrected chi connectivity index (χ3v) is 2.92. The molecule has 0 aliphatic heterocycles. The summed E-state index contributed by atoms with van der Waals surface area (Å²) in [6.45, 7) is 4.95. The van der Waals surface area contributed by atoms with Crippen molar-refractivity contribution >= 4 is 11.8 Å². The molecule has 5 heteroatoms. The summed E-state index contributed by atoms with van der Waals surface area (Å²) in [7, 11) is 0. The predicted molar refractivity (Wildman–Crippen MR) is 65.4 cm³/mol. The van der Waals surface area contributed by atoms with Gasteiger partial charge in [-0.1, -0.05) is 11.8 Å². The summed E-state index contributed by atoms with van der Waals surface area (Å²) in [6.07, 6.45) is 5.79. The topological polar surface area (TPSA) is 43.6 Å². The largest absolute Gasteiger partial charge is 0.272 e. The fraction of sp³-hybridized carbons (Fsp3) is 0.364. The van der Waals surface area contributed by atoms with Crippen molar-refractivity contribution in [3.8, 4) is 11.3 Å². The van der Waals surface area contributed by atoms with E-state index in [4.69, 9.17) is 0 Å². The van der Waals surface area contributed by atoms with Crippen LogP contribution in [-0.4, -0.2) is 26.0 Å². The number of hydrogen-bond donors (Lipinski definition) is 0. The fourth-order valence-electron chi connectivity index (χ4n) is 1.52. The molecule has 0 saturated heterocycles.